The molecule has 1 atom stereocenters. The topological polar surface area (TPSA) is 99.2 Å². The predicted molar refractivity (Wildman–Crippen MR) is 93.1 cm³/mol. The van der Waals surface area contributed by atoms with Crippen LogP contribution in [-0.2, 0) is 9.53 Å². The van der Waals surface area contributed by atoms with E-state index in [9.17, 15) is 14.4 Å². The maximum atomic E-state index is 12.5. The van der Waals surface area contributed by atoms with Gasteiger partial charge in [-0.2, -0.15) is 0 Å². The number of carboxylic acid groups (broad SMARTS) is 1. The van der Waals surface area contributed by atoms with E-state index >= 15 is 0 Å². The smallest absolute Gasteiger partial charge is 0.337 e. The van der Waals surface area contributed by atoms with Crippen LogP contribution >= 0.6 is 0 Å². The molecule has 1 fully saturated rings. The summed E-state index contributed by atoms with van der Waals surface area (Å²) < 4.78 is 4.71. The number of anilines is 2. The summed E-state index contributed by atoms with van der Waals surface area (Å²) in [5.41, 5.74) is 1.58. The van der Waals surface area contributed by atoms with E-state index in [4.69, 9.17) is 9.84 Å². The Morgan fingerprint density at radius 2 is 2.04 bits per heavy atom. The molecule has 2 rings (SSSR count). The van der Waals surface area contributed by atoms with Gasteiger partial charge in [-0.1, -0.05) is 0 Å². The van der Waals surface area contributed by atoms with E-state index in [-0.39, 0.29) is 12.6 Å². The van der Waals surface area contributed by atoms with Gasteiger partial charge in [0.1, 0.15) is 0 Å². The van der Waals surface area contributed by atoms with Gasteiger partial charge in [0, 0.05) is 27.2 Å². The highest BCUT2D eigenvalue weighted by atomic mass is 16.5. The highest BCUT2D eigenvalue weighted by Crippen LogP contribution is 2.27. The zero-order valence-corrected chi connectivity index (χ0v) is 14.6. The lowest BCUT2D eigenvalue weighted by molar-refractivity contribution is -0.143. The molecule has 1 heterocycles. The third kappa shape index (κ3) is 4.40. The molecule has 1 aromatic carbocycles. The summed E-state index contributed by atoms with van der Waals surface area (Å²) in [6.45, 7) is 0.714. The number of esters is 1. The number of urea groups is 1. The first-order valence-corrected chi connectivity index (χ1v) is 8.02. The van der Waals surface area contributed by atoms with Crippen LogP contribution in [0.25, 0.3) is 0 Å². The number of benzene rings is 1. The Labute approximate surface area is 146 Å². The van der Waals surface area contributed by atoms with E-state index in [1.165, 1.54) is 12.0 Å². The first kappa shape index (κ1) is 18.6. The van der Waals surface area contributed by atoms with Gasteiger partial charge in [0.05, 0.1) is 30.0 Å². The normalized spacial score (nSPS) is 16.9. The van der Waals surface area contributed by atoms with Gasteiger partial charge in [-0.05, 0) is 31.0 Å². The Morgan fingerprint density at radius 3 is 2.64 bits per heavy atom. The Balaban J connectivity index is 2.17. The third-order valence-corrected chi connectivity index (χ3v) is 4.20. The molecule has 136 valence electrons. The number of aliphatic carboxylic acids is 1. The quantitative estimate of drug-likeness (QED) is 0.805. The minimum absolute atomic E-state index is 0.193. The molecule has 0 aromatic heterocycles. The summed E-state index contributed by atoms with van der Waals surface area (Å²) in [6, 6.07) is 4.50. The van der Waals surface area contributed by atoms with Crippen molar-refractivity contribution in [3.05, 3.63) is 23.8 Å². The number of likely N-dealkylation sites (tertiary alicyclic amines) is 1. The SMILES string of the molecule is COC(=O)c1ccc(NC(=O)N2CCCC(C(=O)O)C2)c(N(C)C)c1. The van der Waals surface area contributed by atoms with Gasteiger partial charge >= 0.3 is 18.0 Å². The fourth-order valence-electron chi connectivity index (χ4n) is 2.81. The van der Waals surface area contributed by atoms with Crippen molar-refractivity contribution in [3.8, 4) is 0 Å². The van der Waals surface area contributed by atoms with Crippen LogP contribution in [0, 0.1) is 5.92 Å². The predicted octanol–water partition coefficient (Wildman–Crippen LogP) is 1.87. The first-order chi connectivity index (χ1) is 11.8. The minimum Gasteiger partial charge on any atom is -0.481 e. The number of piperidine rings is 1. The highest BCUT2D eigenvalue weighted by Gasteiger charge is 2.28. The van der Waals surface area contributed by atoms with Gasteiger partial charge < -0.3 is 25.0 Å². The van der Waals surface area contributed by atoms with Gasteiger partial charge in [0.2, 0.25) is 0 Å². The van der Waals surface area contributed by atoms with Crippen LogP contribution in [0.1, 0.15) is 23.2 Å². The second kappa shape index (κ2) is 7.87. The van der Waals surface area contributed by atoms with Crippen molar-refractivity contribution in [1.29, 1.82) is 0 Å². The molecule has 1 aliphatic heterocycles. The number of methoxy groups -OCH3 is 1. The number of carbonyl (C=O) groups is 3. The molecule has 0 saturated carbocycles. The second-order valence-electron chi connectivity index (χ2n) is 6.17. The molecule has 0 spiro atoms. The molecule has 1 aliphatic rings. The molecule has 0 radical (unpaired) electrons. The monoisotopic (exact) mass is 349 g/mol. The minimum atomic E-state index is -0.881. The van der Waals surface area contributed by atoms with Crippen molar-refractivity contribution in [2.24, 2.45) is 5.92 Å². The summed E-state index contributed by atoms with van der Waals surface area (Å²) in [4.78, 5) is 38.6. The lowest BCUT2D eigenvalue weighted by Gasteiger charge is -2.31. The summed E-state index contributed by atoms with van der Waals surface area (Å²) in [5, 5.41) is 11.9. The number of amides is 2. The Morgan fingerprint density at radius 1 is 1.32 bits per heavy atom. The molecule has 1 saturated heterocycles. The standard InChI is InChI=1S/C17H23N3O5/c1-19(2)14-9-11(16(23)25-3)6-7-13(14)18-17(24)20-8-4-5-12(10-20)15(21)22/h6-7,9,12H,4-5,8,10H2,1-3H3,(H,18,24)(H,21,22). The maximum Gasteiger partial charge on any atom is 0.337 e. The lowest BCUT2D eigenvalue weighted by Crippen LogP contribution is -2.44. The molecule has 0 aliphatic carbocycles. The van der Waals surface area contributed by atoms with Crippen molar-refractivity contribution in [2.75, 3.05) is 44.5 Å². The van der Waals surface area contributed by atoms with Crippen molar-refractivity contribution < 1.29 is 24.2 Å². The summed E-state index contributed by atoms with van der Waals surface area (Å²) in [6.07, 6.45) is 1.24. The van der Waals surface area contributed by atoms with Gasteiger partial charge in [-0.3, -0.25) is 4.79 Å². The first-order valence-electron chi connectivity index (χ1n) is 8.02. The third-order valence-electron chi connectivity index (χ3n) is 4.20. The van der Waals surface area contributed by atoms with Crippen molar-refractivity contribution in [1.82, 2.24) is 4.90 Å². The molecule has 25 heavy (non-hydrogen) atoms. The summed E-state index contributed by atoms with van der Waals surface area (Å²) in [7, 11) is 4.91. The summed E-state index contributed by atoms with van der Waals surface area (Å²) >= 11 is 0. The second-order valence-corrected chi connectivity index (χ2v) is 6.17. The van der Waals surface area contributed by atoms with Crippen LogP contribution in [0.5, 0.6) is 0 Å². The zero-order valence-electron chi connectivity index (χ0n) is 14.6. The van der Waals surface area contributed by atoms with E-state index in [1.54, 1.807) is 37.2 Å². The van der Waals surface area contributed by atoms with E-state index in [2.05, 4.69) is 5.32 Å². The van der Waals surface area contributed by atoms with Crippen LogP contribution in [0.2, 0.25) is 0 Å². The molecule has 2 N–H and O–H groups in total. The number of carbonyl (C=O) groups excluding carboxylic acids is 2. The molecule has 1 unspecified atom stereocenters. The average Bonchev–Trinajstić information content (AvgIpc) is 2.61. The van der Waals surface area contributed by atoms with E-state index in [0.717, 1.165) is 0 Å². The van der Waals surface area contributed by atoms with Crippen molar-refractivity contribution in [3.63, 3.8) is 0 Å². The zero-order chi connectivity index (χ0) is 18.6. The fraction of sp³-hybridized carbons (Fsp3) is 0.471. The van der Waals surface area contributed by atoms with Crippen LogP contribution in [0.15, 0.2) is 18.2 Å². The number of nitrogens with zero attached hydrogens (tertiary/aromatic N) is 2. The molecule has 1 aromatic rings. The molecule has 8 heteroatoms. The molecule has 2 amide bonds. The number of ether oxygens (including phenoxy) is 1. The van der Waals surface area contributed by atoms with Crippen molar-refractivity contribution >= 4 is 29.3 Å². The van der Waals surface area contributed by atoms with Crippen LogP contribution in [0.3, 0.4) is 0 Å². The van der Waals surface area contributed by atoms with Gasteiger partial charge in [-0.15, -0.1) is 0 Å². The lowest BCUT2D eigenvalue weighted by atomic mass is 9.99. The van der Waals surface area contributed by atoms with Crippen LogP contribution in [-0.4, -0.2) is 62.3 Å². The molecule has 0 bridgehead atoms. The van der Waals surface area contributed by atoms with Gasteiger partial charge in [0.15, 0.2) is 0 Å². The number of hydrogen-bond acceptors (Lipinski definition) is 5. The van der Waals surface area contributed by atoms with E-state index < -0.39 is 17.9 Å². The van der Waals surface area contributed by atoms with E-state index in [0.29, 0.717) is 36.3 Å². The van der Waals surface area contributed by atoms with Gasteiger partial charge in [0.25, 0.3) is 0 Å². The fourth-order valence-corrected chi connectivity index (χ4v) is 2.81. The largest absolute Gasteiger partial charge is 0.481 e. The Kier molecular flexibility index (Phi) is 5.84. The summed E-state index contributed by atoms with van der Waals surface area (Å²) in [5.74, 6) is -1.87. The Hall–Kier alpha value is -2.77. The molecule has 8 nitrogen and oxygen atoms in total. The average molecular weight is 349 g/mol. The maximum absolute atomic E-state index is 12.5. The molecular formula is C17H23N3O5. The number of carboxylic acids is 1. The van der Waals surface area contributed by atoms with E-state index in [1.807, 2.05) is 0 Å². The highest BCUT2D eigenvalue weighted by molar-refractivity contribution is 5.97. The number of hydrogen-bond donors (Lipinski definition) is 2. The van der Waals surface area contributed by atoms with Crippen molar-refractivity contribution in [2.45, 2.75) is 12.8 Å². The molecular weight excluding hydrogens is 326 g/mol. The van der Waals surface area contributed by atoms with Crippen LogP contribution < -0.4 is 10.2 Å². The number of rotatable bonds is 4. The number of nitrogens with one attached hydrogen (secondary N) is 1. The van der Waals surface area contributed by atoms with Gasteiger partial charge in [-0.25, -0.2) is 9.59 Å². The van der Waals surface area contributed by atoms with Crippen LogP contribution in [0.4, 0.5) is 16.2 Å². The Bertz CT molecular complexity index is 674.